The van der Waals surface area contributed by atoms with E-state index in [9.17, 15) is 8.78 Å². The molecule has 0 atom stereocenters. The summed E-state index contributed by atoms with van der Waals surface area (Å²) in [6.45, 7) is 0.420. The second-order valence-electron chi connectivity index (χ2n) is 4.06. The fourth-order valence-electron chi connectivity index (χ4n) is 1.62. The van der Waals surface area contributed by atoms with Gasteiger partial charge in [-0.1, -0.05) is 29.8 Å². The zero-order valence-corrected chi connectivity index (χ0v) is 11.9. The molecule has 20 heavy (non-hydrogen) atoms. The Balaban J connectivity index is 1.94. The topological polar surface area (TPSA) is 24.1 Å². The average Bonchev–Trinajstić information content (AvgIpc) is 2.36. The maximum atomic E-state index is 13.0. The fourth-order valence-corrected chi connectivity index (χ4v) is 2.01. The number of thiocarbonyl (C=S) groups is 1. The highest BCUT2D eigenvalue weighted by molar-refractivity contribution is 7.80. The van der Waals surface area contributed by atoms with E-state index in [1.165, 1.54) is 0 Å². The molecule has 0 aliphatic carbocycles. The number of halogens is 3. The molecule has 0 aromatic heterocycles. The first-order valence-corrected chi connectivity index (χ1v) is 6.57. The monoisotopic (exact) mass is 312 g/mol. The van der Waals surface area contributed by atoms with Gasteiger partial charge in [0.05, 0.1) is 0 Å². The molecule has 2 N–H and O–H groups in total. The Labute approximate surface area is 125 Å². The Hall–Kier alpha value is -1.72. The van der Waals surface area contributed by atoms with E-state index in [0.717, 1.165) is 23.8 Å². The predicted octanol–water partition coefficient (Wildman–Crippen LogP) is 4.10. The van der Waals surface area contributed by atoms with Crippen LogP contribution in [0.2, 0.25) is 5.02 Å². The Kier molecular flexibility index (Phi) is 4.87. The van der Waals surface area contributed by atoms with Crippen LogP contribution in [0.15, 0.2) is 42.5 Å². The molecular formula is C14H11ClF2N2S. The van der Waals surface area contributed by atoms with E-state index >= 15 is 0 Å². The number of rotatable bonds is 3. The van der Waals surface area contributed by atoms with Gasteiger partial charge >= 0.3 is 0 Å². The Morgan fingerprint density at radius 3 is 2.40 bits per heavy atom. The van der Waals surface area contributed by atoms with Gasteiger partial charge in [0, 0.05) is 23.3 Å². The van der Waals surface area contributed by atoms with Gasteiger partial charge < -0.3 is 10.6 Å². The van der Waals surface area contributed by atoms with Crippen molar-refractivity contribution in [2.24, 2.45) is 0 Å². The molecule has 0 spiro atoms. The number of hydrogen-bond acceptors (Lipinski definition) is 1. The largest absolute Gasteiger partial charge is 0.358 e. The lowest BCUT2D eigenvalue weighted by atomic mass is 10.2. The maximum Gasteiger partial charge on any atom is 0.171 e. The third-order valence-electron chi connectivity index (χ3n) is 2.52. The van der Waals surface area contributed by atoms with Crippen molar-refractivity contribution < 1.29 is 8.78 Å². The van der Waals surface area contributed by atoms with E-state index in [2.05, 4.69) is 10.6 Å². The minimum Gasteiger partial charge on any atom is -0.358 e. The van der Waals surface area contributed by atoms with Gasteiger partial charge in [0.2, 0.25) is 0 Å². The van der Waals surface area contributed by atoms with Crippen molar-refractivity contribution in [1.29, 1.82) is 0 Å². The highest BCUT2D eigenvalue weighted by Crippen LogP contribution is 2.15. The van der Waals surface area contributed by atoms with Crippen LogP contribution in [0.1, 0.15) is 5.56 Å². The van der Waals surface area contributed by atoms with Gasteiger partial charge in [-0.25, -0.2) is 8.78 Å². The van der Waals surface area contributed by atoms with E-state index < -0.39 is 11.6 Å². The summed E-state index contributed by atoms with van der Waals surface area (Å²) in [7, 11) is 0. The van der Waals surface area contributed by atoms with E-state index in [4.69, 9.17) is 23.8 Å². The maximum absolute atomic E-state index is 13.0. The van der Waals surface area contributed by atoms with Crippen LogP contribution in [0.5, 0.6) is 0 Å². The van der Waals surface area contributed by atoms with Crippen molar-refractivity contribution in [2.45, 2.75) is 6.54 Å². The molecule has 6 heteroatoms. The zero-order chi connectivity index (χ0) is 14.5. The van der Waals surface area contributed by atoms with E-state index in [-0.39, 0.29) is 10.8 Å². The number of benzene rings is 2. The van der Waals surface area contributed by atoms with Crippen LogP contribution in [0, 0.1) is 11.6 Å². The first kappa shape index (κ1) is 14.7. The minimum atomic E-state index is -0.665. The van der Waals surface area contributed by atoms with Gasteiger partial charge in [0.25, 0.3) is 0 Å². The second kappa shape index (κ2) is 6.63. The Morgan fingerprint density at radius 2 is 1.75 bits per heavy atom. The quantitative estimate of drug-likeness (QED) is 0.834. The molecule has 0 saturated heterocycles. The van der Waals surface area contributed by atoms with Gasteiger partial charge in [-0.3, -0.25) is 0 Å². The van der Waals surface area contributed by atoms with Crippen LogP contribution in [-0.2, 0) is 6.54 Å². The summed E-state index contributed by atoms with van der Waals surface area (Å²) in [4.78, 5) is 0. The number of hydrogen-bond donors (Lipinski definition) is 2. The molecule has 0 aliphatic heterocycles. The van der Waals surface area contributed by atoms with Gasteiger partial charge in [-0.2, -0.15) is 0 Å². The highest BCUT2D eigenvalue weighted by Gasteiger charge is 2.04. The van der Waals surface area contributed by atoms with Gasteiger partial charge in [0.15, 0.2) is 5.11 Å². The fraction of sp³-hybridized carbons (Fsp3) is 0.0714. The molecule has 0 fully saturated rings. The lowest BCUT2D eigenvalue weighted by Gasteiger charge is -2.11. The summed E-state index contributed by atoms with van der Waals surface area (Å²) in [6.07, 6.45) is 0. The molecule has 0 aliphatic rings. The summed E-state index contributed by atoms with van der Waals surface area (Å²) in [5.74, 6) is -1.33. The van der Waals surface area contributed by atoms with Crippen LogP contribution >= 0.6 is 23.8 Å². The minimum absolute atomic E-state index is 0.249. The summed E-state index contributed by atoms with van der Waals surface area (Å²) in [6, 6.07) is 10.4. The Morgan fingerprint density at radius 1 is 1.10 bits per heavy atom. The lowest BCUT2D eigenvalue weighted by Crippen LogP contribution is -2.28. The van der Waals surface area contributed by atoms with Crippen molar-refractivity contribution in [3.63, 3.8) is 0 Å². The average molecular weight is 313 g/mol. The summed E-state index contributed by atoms with van der Waals surface area (Å²) in [5.41, 5.74) is 1.13. The lowest BCUT2D eigenvalue weighted by molar-refractivity contribution is 0.584. The first-order valence-electron chi connectivity index (χ1n) is 5.79. The van der Waals surface area contributed by atoms with Gasteiger partial charge in [0.1, 0.15) is 11.6 Å². The SMILES string of the molecule is Fc1cc(F)cc(NC(=S)NCc2ccccc2Cl)c1. The summed E-state index contributed by atoms with van der Waals surface area (Å²) in [5, 5.41) is 6.51. The van der Waals surface area contributed by atoms with Crippen LogP contribution < -0.4 is 10.6 Å². The molecule has 2 nitrogen and oxygen atoms in total. The van der Waals surface area contributed by atoms with Crippen LogP contribution in [-0.4, -0.2) is 5.11 Å². The van der Waals surface area contributed by atoms with Gasteiger partial charge in [-0.15, -0.1) is 0 Å². The van der Waals surface area contributed by atoms with E-state index in [1.54, 1.807) is 6.07 Å². The Bertz CT molecular complexity index is 614. The molecular weight excluding hydrogens is 302 g/mol. The molecule has 0 unspecified atom stereocenters. The smallest absolute Gasteiger partial charge is 0.171 e. The van der Waals surface area contributed by atoms with Crippen LogP contribution in [0.3, 0.4) is 0 Å². The second-order valence-corrected chi connectivity index (χ2v) is 4.87. The summed E-state index contributed by atoms with van der Waals surface area (Å²) >= 11 is 11.1. The zero-order valence-electron chi connectivity index (χ0n) is 10.3. The number of nitrogens with one attached hydrogen (secondary N) is 2. The van der Waals surface area contributed by atoms with E-state index in [1.807, 2.05) is 18.2 Å². The molecule has 2 aromatic carbocycles. The molecule has 0 heterocycles. The van der Waals surface area contributed by atoms with Crippen molar-refractivity contribution in [3.05, 3.63) is 64.7 Å². The van der Waals surface area contributed by atoms with Crippen LogP contribution in [0.4, 0.5) is 14.5 Å². The first-order chi connectivity index (χ1) is 9.54. The third kappa shape index (κ3) is 4.15. The molecule has 0 bridgehead atoms. The van der Waals surface area contributed by atoms with Crippen molar-refractivity contribution in [2.75, 3.05) is 5.32 Å². The van der Waals surface area contributed by atoms with Crippen molar-refractivity contribution in [3.8, 4) is 0 Å². The van der Waals surface area contributed by atoms with Gasteiger partial charge in [-0.05, 0) is 36.0 Å². The van der Waals surface area contributed by atoms with Crippen molar-refractivity contribution >= 4 is 34.6 Å². The molecule has 0 radical (unpaired) electrons. The summed E-state index contributed by atoms with van der Waals surface area (Å²) < 4.78 is 26.0. The molecule has 2 aromatic rings. The van der Waals surface area contributed by atoms with E-state index in [0.29, 0.717) is 11.6 Å². The van der Waals surface area contributed by atoms with Crippen molar-refractivity contribution in [1.82, 2.24) is 5.32 Å². The molecule has 104 valence electrons. The third-order valence-corrected chi connectivity index (χ3v) is 3.13. The highest BCUT2D eigenvalue weighted by atomic mass is 35.5. The predicted molar refractivity (Wildman–Crippen MR) is 80.9 cm³/mol. The molecule has 2 rings (SSSR count). The number of anilines is 1. The normalized spacial score (nSPS) is 10.2. The molecule has 0 saturated carbocycles. The molecule has 0 amide bonds. The standard InChI is InChI=1S/C14H11ClF2N2S/c15-13-4-2-1-3-9(13)8-18-14(20)19-12-6-10(16)5-11(17)7-12/h1-7H,8H2,(H2,18,19,20). The van der Waals surface area contributed by atoms with Crippen LogP contribution in [0.25, 0.3) is 0 Å².